The predicted octanol–water partition coefficient (Wildman–Crippen LogP) is -0.659. The van der Waals surface area contributed by atoms with Crippen LogP contribution in [0.5, 0.6) is 0 Å². The van der Waals surface area contributed by atoms with Crippen molar-refractivity contribution in [2.75, 3.05) is 19.4 Å². The van der Waals surface area contributed by atoms with Crippen LogP contribution in [0.25, 0.3) is 0 Å². The summed E-state index contributed by atoms with van der Waals surface area (Å²) in [5.74, 6) is -0.263. The molecule has 1 aromatic heterocycles. The second-order valence-corrected chi connectivity index (χ2v) is 7.80. The molecule has 0 saturated carbocycles. The lowest BCUT2D eigenvalue weighted by molar-refractivity contribution is -0.0103. The first-order valence-corrected chi connectivity index (χ1v) is 9.09. The van der Waals surface area contributed by atoms with Gasteiger partial charge in [0.1, 0.15) is 0 Å². The van der Waals surface area contributed by atoms with Crippen molar-refractivity contribution in [1.29, 1.82) is 0 Å². The molecule has 22 heavy (non-hydrogen) atoms. The molecule has 0 aromatic carbocycles. The molecular weight excluding hydrogens is 308 g/mol. The molecule has 8 nitrogen and oxygen atoms in total. The van der Waals surface area contributed by atoms with Crippen molar-refractivity contribution < 1.29 is 17.9 Å². The van der Waals surface area contributed by atoms with Crippen LogP contribution >= 0.6 is 0 Å². The summed E-state index contributed by atoms with van der Waals surface area (Å²) in [4.78, 5) is 12.3. The van der Waals surface area contributed by atoms with Gasteiger partial charge in [0.2, 0.25) is 10.0 Å². The number of aryl methyl sites for hydroxylation is 1. The van der Waals surface area contributed by atoms with Gasteiger partial charge in [-0.2, -0.15) is 9.40 Å². The molecule has 2 aliphatic rings. The van der Waals surface area contributed by atoms with Crippen molar-refractivity contribution >= 4 is 15.9 Å². The highest BCUT2D eigenvalue weighted by Gasteiger charge is 2.48. The van der Waals surface area contributed by atoms with Gasteiger partial charge in [-0.1, -0.05) is 0 Å². The highest BCUT2D eigenvalue weighted by molar-refractivity contribution is 7.88. The van der Waals surface area contributed by atoms with E-state index in [1.54, 1.807) is 17.9 Å². The summed E-state index contributed by atoms with van der Waals surface area (Å²) in [5.41, 5.74) is 0.452. The zero-order chi connectivity index (χ0) is 15.9. The average molecular weight is 328 g/mol. The summed E-state index contributed by atoms with van der Waals surface area (Å²) in [5, 5.41) is 6.85. The molecular formula is C13H20N4O4S. The number of fused-ring (bicyclic) bond motifs is 1. The van der Waals surface area contributed by atoms with Crippen molar-refractivity contribution in [2.45, 2.75) is 31.0 Å². The zero-order valence-corrected chi connectivity index (χ0v) is 13.4. The SMILES string of the molecule is Cn1cc(C(=O)N[C@@H]2CN(S(C)(=O)=O)[C@@H]3CCCO[C@@H]32)cn1. The first-order chi connectivity index (χ1) is 10.4. The Kier molecular flexibility index (Phi) is 3.96. The molecule has 2 fully saturated rings. The van der Waals surface area contributed by atoms with E-state index >= 15 is 0 Å². The minimum Gasteiger partial charge on any atom is -0.374 e. The van der Waals surface area contributed by atoms with Gasteiger partial charge in [0.05, 0.1) is 36.2 Å². The lowest BCUT2D eigenvalue weighted by atomic mass is 10.0. The number of ether oxygens (including phenoxy) is 1. The molecule has 2 saturated heterocycles. The van der Waals surface area contributed by atoms with Gasteiger partial charge in [0.15, 0.2) is 0 Å². The van der Waals surface area contributed by atoms with E-state index in [2.05, 4.69) is 10.4 Å². The molecule has 0 aliphatic carbocycles. The number of amides is 1. The fraction of sp³-hybridized carbons (Fsp3) is 0.692. The predicted molar refractivity (Wildman–Crippen MR) is 78.8 cm³/mol. The van der Waals surface area contributed by atoms with Crippen LogP contribution in [-0.2, 0) is 21.8 Å². The Morgan fingerprint density at radius 3 is 2.91 bits per heavy atom. The second kappa shape index (κ2) is 5.64. The Morgan fingerprint density at radius 1 is 1.50 bits per heavy atom. The maximum atomic E-state index is 12.3. The zero-order valence-electron chi connectivity index (χ0n) is 12.6. The Bertz CT molecular complexity index is 671. The van der Waals surface area contributed by atoms with E-state index in [1.165, 1.54) is 16.8 Å². The van der Waals surface area contributed by atoms with Crippen molar-refractivity contribution in [3.63, 3.8) is 0 Å². The molecule has 3 heterocycles. The third kappa shape index (κ3) is 2.88. The van der Waals surface area contributed by atoms with Gasteiger partial charge >= 0.3 is 0 Å². The van der Waals surface area contributed by atoms with Gasteiger partial charge in [-0.15, -0.1) is 0 Å². The lowest BCUT2D eigenvalue weighted by Gasteiger charge is -2.31. The molecule has 0 radical (unpaired) electrons. The van der Waals surface area contributed by atoms with Crippen molar-refractivity contribution in [1.82, 2.24) is 19.4 Å². The van der Waals surface area contributed by atoms with Crippen LogP contribution in [0, 0.1) is 0 Å². The van der Waals surface area contributed by atoms with Crippen LogP contribution in [0.3, 0.4) is 0 Å². The summed E-state index contributed by atoms with van der Waals surface area (Å²) < 4.78 is 32.6. The number of carbonyl (C=O) groups excluding carboxylic acids is 1. The third-order valence-electron chi connectivity index (χ3n) is 4.19. The Hall–Kier alpha value is -1.45. The van der Waals surface area contributed by atoms with Gasteiger partial charge in [0.25, 0.3) is 5.91 Å². The average Bonchev–Trinajstić information content (AvgIpc) is 3.03. The standard InChI is InChI=1S/C13H20N4O4S/c1-16-7-9(6-14-16)13(18)15-10-8-17(22(2,19)20)11-4-3-5-21-12(10)11/h6-7,10-12H,3-5,8H2,1-2H3,(H,15,18)/t10-,11-,12-/m1/s1. The highest BCUT2D eigenvalue weighted by atomic mass is 32.2. The quantitative estimate of drug-likeness (QED) is 0.795. The number of nitrogens with one attached hydrogen (secondary N) is 1. The van der Waals surface area contributed by atoms with E-state index in [1.807, 2.05) is 0 Å². The molecule has 1 aromatic rings. The smallest absolute Gasteiger partial charge is 0.254 e. The molecule has 9 heteroatoms. The van der Waals surface area contributed by atoms with Crippen molar-refractivity contribution in [3.05, 3.63) is 18.0 Å². The Balaban J connectivity index is 1.77. The summed E-state index contributed by atoms with van der Waals surface area (Å²) in [6, 6.07) is -0.532. The van der Waals surface area contributed by atoms with E-state index in [9.17, 15) is 13.2 Å². The van der Waals surface area contributed by atoms with Gasteiger partial charge < -0.3 is 10.1 Å². The fourth-order valence-electron chi connectivity index (χ4n) is 3.21. The van der Waals surface area contributed by atoms with Crippen LogP contribution in [-0.4, -0.2) is 66.0 Å². The normalized spacial score (nSPS) is 29.3. The molecule has 1 N–H and O–H groups in total. The number of rotatable bonds is 3. The van der Waals surface area contributed by atoms with Crippen molar-refractivity contribution in [3.8, 4) is 0 Å². The van der Waals surface area contributed by atoms with E-state index in [-0.39, 0.29) is 30.6 Å². The maximum absolute atomic E-state index is 12.3. The van der Waals surface area contributed by atoms with Gasteiger partial charge in [-0.25, -0.2) is 8.42 Å². The number of carbonyl (C=O) groups is 1. The number of nitrogens with zero attached hydrogens (tertiary/aromatic N) is 3. The third-order valence-corrected chi connectivity index (χ3v) is 5.46. The highest BCUT2D eigenvalue weighted by Crippen LogP contribution is 2.30. The number of sulfonamides is 1. The number of hydrogen-bond donors (Lipinski definition) is 1. The fourth-order valence-corrected chi connectivity index (χ4v) is 4.36. The molecule has 0 spiro atoms. The monoisotopic (exact) mass is 328 g/mol. The Morgan fingerprint density at radius 2 is 2.27 bits per heavy atom. The minimum absolute atomic E-state index is 0.192. The number of aromatic nitrogens is 2. The summed E-state index contributed by atoms with van der Waals surface area (Å²) in [6.45, 7) is 0.845. The van der Waals surface area contributed by atoms with Crippen LogP contribution in [0.4, 0.5) is 0 Å². The van der Waals surface area contributed by atoms with E-state index in [0.29, 0.717) is 12.2 Å². The molecule has 0 unspecified atom stereocenters. The molecule has 2 aliphatic heterocycles. The molecule has 0 bridgehead atoms. The molecule has 122 valence electrons. The largest absolute Gasteiger partial charge is 0.374 e. The first kappa shape index (κ1) is 15.4. The number of hydrogen-bond acceptors (Lipinski definition) is 5. The topological polar surface area (TPSA) is 93.5 Å². The van der Waals surface area contributed by atoms with Gasteiger partial charge in [0, 0.05) is 26.4 Å². The van der Waals surface area contributed by atoms with E-state index < -0.39 is 10.0 Å². The lowest BCUT2D eigenvalue weighted by Crippen LogP contribution is -2.47. The Labute approximate surface area is 129 Å². The van der Waals surface area contributed by atoms with Crippen LogP contribution in [0.2, 0.25) is 0 Å². The van der Waals surface area contributed by atoms with Crippen LogP contribution in [0.1, 0.15) is 23.2 Å². The summed E-state index contributed by atoms with van der Waals surface area (Å²) >= 11 is 0. The second-order valence-electron chi connectivity index (χ2n) is 5.86. The summed E-state index contributed by atoms with van der Waals surface area (Å²) in [7, 11) is -1.58. The molecule has 3 rings (SSSR count). The minimum atomic E-state index is -3.32. The van der Waals surface area contributed by atoms with Crippen LogP contribution in [0.15, 0.2) is 12.4 Å². The van der Waals surface area contributed by atoms with Crippen molar-refractivity contribution in [2.24, 2.45) is 7.05 Å². The maximum Gasteiger partial charge on any atom is 0.254 e. The molecule has 3 atom stereocenters. The summed E-state index contributed by atoms with van der Waals surface area (Å²) in [6.07, 6.45) is 5.61. The molecule has 1 amide bonds. The van der Waals surface area contributed by atoms with Gasteiger partial charge in [-0.3, -0.25) is 9.48 Å². The van der Waals surface area contributed by atoms with E-state index in [0.717, 1.165) is 12.8 Å². The first-order valence-electron chi connectivity index (χ1n) is 7.24. The van der Waals surface area contributed by atoms with Gasteiger partial charge in [-0.05, 0) is 12.8 Å². The van der Waals surface area contributed by atoms with Crippen LogP contribution < -0.4 is 5.32 Å². The van der Waals surface area contributed by atoms with E-state index in [4.69, 9.17) is 4.74 Å².